The highest BCUT2D eigenvalue weighted by Gasteiger charge is 2.23. The summed E-state index contributed by atoms with van der Waals surface area (Å²) >= 11 is 0. The lowest BCUT2D eigenvalue weighted by atomic mass is 9.96. The van der Waals surface area contributed by atoms with E-state index in [1.165, 1.54) is 0 Å². The molecule has 0 atom stereocenters. The number of rotatable bonds is 11. The molecule has 1 aliphatic heterocycles. The number of ketones is 1. The highest BCUT2D eigenvalue weighted by Crippen LogP contribution is 2.28. The van der Waals surface area contributed by atoms with Gasteiger partial charge in [-0.2, -0.15) is 0 Å². The van der Waals surface area contributed by atoms with Crippen LogP contribution in [0, 0.1) is 0 Å². The maximum atomic E-state index is 12.8. The maximum Gasteiger partial charge on any atom is 0.410 e. The van der Waals surface area contributed by atoms with E-state index in [0.717, 1.165) is 35.4 Å². The molecule has 0 fully saturated rings. The number of fused-ring (bicyclic) bond motifs is 1. The summed E-state index contributed by atoms with van der Waals surface area (Å²) < 4.78 is 11.1. The number of nitrogens with zero attached hydrogens (tertiary/aromatic N) is 2. The van der Waals surface area contributed by atoms with Gasteiger partial charge < -0.3 is 19.3 Å². The fraction of sp³-hybridized carbons (Fsp3) is 0.500. The standard InChI is InChI=1S/C30H40N2O5/c1-30(2,3)37-29(35)32(20-10-12-22-11-6-7-14-27(22)36-5)19-9-8-13-26(33)24-15-17-25-23(21-24)16-18-28(34)31(25)4/h6-7,11,14-15,17,21H,8-10,12-13,16,18-20H2,1-5H3. The average molecular weight is 509 g/mol. The molecule has 1 heterocycles. The first-order chi connectivity index (χ1) is 17.6. The SMILES string of the molecule is COc1ccccc1CCCN(CCCCC(=O)c1ccc2c(c1)CCC(=O)N2C)C(=O)OC(C)(C)C. The van der Waals surface area contributed by atoms with Crippen molar-refractivity contribution in [1.82, 2.24) is 4.90 Å². The van der Waals surface area contributed by atoms with E-state index in [1.54, 1.807) is 30.0 Å². The summed E-state index contributed by atoms with van der Waals surface area (Å²) in [5, 5.41) is 0. The van der Waals surface area contributed by atoms with Crippen LogP contribution in [0.3, 0.4) is 0 Å². The van der Waals surface area contributed by atoms with E-state index in [0.29, 0.717) is 50.8 Å². The number of aryl methyl sites for hydroxylation is 2. The number of methoxy groups -OCH3 is 1. The maximum absolute atomic E-state index is 12.8. The minimum absolute atomic E-state index is 0.0855. The van der Waals surface area contributed by atoms with Crippen molar-refractivity contribution < 1.29 is 23.9 Å². The van der Waals surface area contributed by atoms with Gasteiger partial charge in [-0.05, 0) is 88.3 Å². The summed E-state index contributed by atoms with van der Waals surface area (Å²) in [6.45, 7) is 6.69. The van der Waals surface area contributed by atoms with Crippen molar-refractivity contribution in [2.24, 2.45) is 0 Å². The third-order valence-corrected chi connectivity index (χ3v) is 6.55. The number of carbonyl (C=O) groups is 3. The largest absolute Gasteiger partial charge is 0.496 e. The number of amides is 2. The Kier molecular flexibility index (Phi) is 9.73. The molecule has 37 heavy (non-hydrogen) atoms. The van der Waals surface area contributed by atoms with Gasteiger partial charge in [-0.3, -0.25) is 9.59 Å². The quantitative estimate of drug-likeness (QED) is 0.282. The minimum Gasteiger partial charge on any atom is -0.496 e. The van der Waals surface area contributed by atoms with E-state index in [-0.39, 0.29) is 17.8 Å². The van der Waals surface area contributed by atoms with Gasteiger partial charge in [0.2, 0.25) is 5.91 Å². The van der Waals surface area contributed by atoms with Gasteiger partial charge in [0.15, 0.2) is 5.78 Å². The number of hydrogen-bond donors (Lipinski definition) is 0. The number of unbranched alkanes of at least 4 members (excludes halogenated alkanes) is 1. The molecule has 0 spiro atoms. The van der Waals surface area contributed by atoms with Crippen molar-refractivity contribution >= 4 is 23.5 Å². The first-order valence-corrected chi connectivity index (χ1v) is 13.1. The van der Waals surface area contributed by atoms with Crippen LogP contribution in [0.25, 0.3) is 0 Å². The zero-order valence-electron chi connectivity index (χ0n) is 22.8. The van der Waals surface area contributed by atoms with Crippen LogP contribution in [-0.2, 0) is 22.4 Å². The van der Waals surface area contributed by atoms with Crippen molar-refractivity contribution in [3.63, 3.8) is 0 Å². The van der Waals surface area contributed by atoms with Gasteiger partial charge in [-0.1, -0.05) is 18.2 Å². The van der Waals surface area contributed by atoms with Gasteiger partial charge in [-0.25, -0.2) is 4.79 Å². The Morgan fingerprint density at radius 2 is 1.73 bits per heavy atom. The summed E-state index contributed by atoms with van der Waals surface area (Å²) in [4.78, 5) is 41.0. The Balaban J connectivity index is 1.53. The molecule has 0 aromatic heterocycles. The van der Waals surface area contributed by atoms with Crippen molar-refractivity contribution in [2.75, 3.05) is 32.1 Å². The Labute approximate surface area is 220 Å². The molecule has 2 aromatic rings. The van der Waals surface area contributed by atoms with E-state index >= 15 is 0 Å². The van der Waals surface area contributed by atoms with E-state index in [9.17, 15) is 14.4 Å². The smallest absolute Gasteiger partial charge is 0.410 e. The summed E-state index contributed by atoms with van der Waals surface area (Å²) in [5.41, 5.74) is 3.15. The lowest BCUT2D eigenvalue weighted by molar-refractivity contribution is -0.118. The second-order valence-corrected chi connectivity index (χ2v) is 10.6. The second-order valence-electron chi connectivity index (χ2n) is 10.6. The number of Topliss-reactive ketones (excluding diaryl/α,β-unsaturated/α-hetero) is 1. The minimum atomic E-state index is -0.570. The summed E-state index contributed by atoms with van der Waals surface area (Å²) in [6.07, 6.45) is 4.19. The van der Waals surface area contributed by atoms with Crippen LogP contribution in [0.5, 0.6) is 5.75 Å². The zero-order valence-corrected chi connectivity index (χ0v) is 22.8. The average Bonchev–Trinajstić information content (AvgIpc) is 2.86. The summed E-state index contributed by atoms with van der Waals surface area (Å²) in [7, 11) is 3.44. The summed E-state index contributed by atoms with van der Waals surface area (Å²) in [5.74, 6) is 1.04. The number of carbonyl (C=O) groups excluding carboxylic acids is 3. The molecule has 2 amide bonds. The molecule has 7 nitrogen and oxygen atoms in total. The molecule has 200 valence electrons. The van der Waals surface area contributed by atoms with E-state index in [2.05, 4.69) is 0 Å². The number of anilines is 1. The number of hydrogen-bond acceptors (Lipinski definition) is 5. The predicted octanol–water partition coefficient (Wildman–Crippen LogP) is 5.83. The molecular weight excluding hydrogens is 468 g/mol. The first kappa shape index (κ1) is 28.2. The molecule has 0 bridgehead atoms. The lowest BCUT2D eigenvalue weighted by Gasteiger charge is -2.27. The molecule has 1 aliphatic rings. The van der Waals surface area contributed by atoms with Crippen LogP contribution in [0.1, 0.15) is 74.4 Å². The van der Waals surface area contributed by atoms with Crippen LogP contribution in [0.2, 0.25) is 0 Å². The van der Waals surface area contributed by atoms with Gasteiger partial charge in [0.25, 0.3) is 0 Å². The third-order valence-electron chi connectivity index (χ3n) is 6.55. The van der Waals surface area contributed by atoms with E-state index in [4.69, 9.17) is 9.47 Å². The zero-order chi connectivity index (χ0) is 27.0. The highest BCUT2D eigenvalue weighted by molar-refractivity contribution is 5.99. The summed E-state index contributed by atoms with van der Waals surface area (Å²) in [6, 6.07) is 13.5. The van der Waals surface area contributed by atoms with Gasteiger partial charge in [-0.15, -0.1) is 0 Å². The molecular formula is C30H40N2O5. The van der Waals surface area contributed by atoms with E-state index in [1.807, 2.05) is 57.2 Å². The Bertz CT molecular complexity index is 1110. The lowest BCUT2D eigenvalue weighted by Crippen LogP contribution is -2.38. The van der Waals surface area contributed by atoms with E-state index < -0.39 is 5.60 Å². The molecule has 0 saturated carbocycles. The van der Waals surface area contributed by atoms with Crippen molar-refractivity contribution in [3.8, 4) is 5.75 Å². The van der Waals surface area contributed by atoms with Crippen LogP contribution >= 0.6 is 0 Å². The topological polar surface area (TPSA) is 76.2 Å². The first-order valence-electron chi connectivity index (χ1n) is 13.1. The van der Waals surface area contributed by atoms with Crippen molar-refractivity contribution in [3.05, 3.63) is 59.2 Å². The van der Waals surface area contributed by atoms with Crippen LogP contribution in [0.15, 0.2) is 42.5 Å². The molecule has 7 heteroatoms. The van der Waals surface area contributed by atoms with Crippen molar-refractivity contribution in [1.29, 1.82) is 0 Å². The molecule has 0 N–H and O–H groups in total. The molecule has 0 unspecified atom stereocenters. The molecule has 0 aliphatic carbocycles. The second kappa shape index (κ2) is 12.7. The fourth-order valence-electron chi connectivity index (χ4n) is 4.55. The molecule has 2 aromatic carbocycles. The van der Waals surface area contributed by atoms with Crippen LogP contribution in [-0.4, -0.2) is 55.5 Å². The van der Waals surface area contributed by atoms with Gasteiger partial charge in [0.1, 0.15) is 11.4 Å². The number of para-hydroxylation sites is 1. The van der Waals surface area contributed by atoms with Gasteiger partial charge in [0.05, 0.1) is 7.11 Å². The molecule has 0 radical (unpaired) electrons. The van der Waals surface area contributed by atoms with Gasteiger partial charge >= 0.3 is 6.09 Å². The molecule has 3 rings (SSSR count). The molecule has 0 saturated heterocycles. The van der Waals surface area contributed by atoms with Crippen LogP contribution in [0.4, 0.5) is 10.5 Å². The fourth-order valence-corrected chi connectivity index (χ4v) is 4.55. The number of benzene rings is 2. The predicted molar refractivity (Wildman–Crippen MR) is 145 cm³/mol. The van der Waals surface area contributed by atoms with Gasteiger partial charge in [0, 0.05) is 44.2 Å². The highest BCUT2D eigenvalue weighted by atomic mass is 16.6. The van der Waals surface area contributed by atoms with Crippen LogP contribution < -0.4 is 9.64 Å². The van der Waals surface area contributed by atoms with Crippen molar-refractivity contribution in [2.45, 2.75) is 71.3 Å². The third kappa shape index (κ3) is 8.07. The Hall–Kier alpha value is -3.35. The number of ether oxygens (including phenoxy) is 2. The Morgan fingerprint density at radius 1 is 1.00 bits per heavy atom. The normalized spacial score (nSPS) is 13.2. The Morgan fingerprint density at radius 3 is 2.46 bits per heavy atom. The monoisotopic (exact) mass is 508 g/mol.